The quantitative estimate of drug-likeness (QED) is 0.558. The van der Waals surface area contributed by atoms with Crippen LogP contribution in [0.5, 0.6) is 11.5 Å². The van der Waals surface area contributed by atoms with Crippen LogP contribution in [-0.4, -0.2) is 24.3 Å². The highest BCUT2D eigenvalue weighted by atomic mass is 16.6. The number of benzene rings is 2. The summed E-state index contributed by atoms with van der Waals surface area (Å²) in [5, 5.41) is 10.2. The maximum Gasteiger partial charge on any atom is 0.310 e. The molecule has 2 aromatic carbocycles. The molecular weight excluding hydrogens is 296 g/mol. The lowest BCUT2D eigenvalue weighted by Gasteiger charge is -2.07. The SMILES string of the molecule is O=C(Cc1coc2cc(O)ccc12)OCCOc1ccccc1. The van der Waals surface area contributed by atoms with Crippen LogP contribution in [0.25, 0.3) is 11.0 Å². The Bertz CT molecular complexity index is 792. The second-order valence-corrected chi connectivity index (χ2v) is 5.00. The van der Waals surface area contributed by atoms with Crippen LogP contribution in [0.4, 0.5) is 0 Å². The van der Waals surface area contributed by atoms with Gasteiger partial charge in [0.15, 0.2) is 0 Å². The fraction of sp³-hybridized carbons (Fsp3) is 0.167. The van der Waals surface area contributed by atoms with E-state index in [-0.39, 0.29) is 24.7 Å². The zero-order valence-electron chi connectivity index (χ0n) is 12.4. The van der Waals surface area contributed by atoms with E-state index in [0.29, 0.717) is 12.2 Å². The number of furan rings is 1. The van der Waals surface area contributed by atoms with Crippen molar-refractivity contribution < 1.29 is 23.8 Å². The number of phenols is 1. The predicted octanol–water partition coefficient (Wildman–Crippen LogP) is 3.30. The number of aromatic hydroxyl groups is 1. The predicted molar refractivity (Wildman–Crippen MR) is 84.5 cm³/mol. The third-order valence-corrected chi connectivity index (χ3v) is 3.33. The first kappa shape index (κ1) is 15.0. The molecule has 5 heteroatoms. The largest absolute Gasteiger partial charge is 0.508 e. The molecule has 0 atom stereocenters. The van der Waals surface area contributed by atoms with Crippen LogP contribution in [0.2, 0.25) is 0 Å². The van der Waals surface area contributed by atoms with Gasteiger partial charge in [0.1, 0.15) is 30.3 Å². The molecule has 5 nitrogen and oxygen atoms in total. The average Bonchev–Trinajstić information content (AvgIpc) is 2.94. The van der Waals surface area contributed by atoms with Crippen molar-refractivity contribution in [2.24, 2.45) is 0 Å². The Labute approximate surface area is 133 Å². The van der Waals surface area contributed by atoms with E-state index in [1.165, 1.54) is 12.3 Å². The lowest BCUT2D eigenvalue weighted by atomic mass is 10.1. The normalized spacial score (nSPS) is 10.6. The summed E-state index contributed by atoms with van der Waals surface area (Å²) in [6.07, 6.45) is 1.62. The van der Waals surface area contributed by atoms with Gasteiger partial charge in [0.2, 0.25) is 0 Å². The minimum Gasteiger partial charge on any atom is -0.508 e. The van der Waals surface area contributed by atoms with Crippen molar-refractivity contribution in [3.05, 3.63) is 60.4 Å². The van der Waals surface area contributed by atoms with E-state index >= 15 is 0 Å². The fourth-order valence-electron chi connectivity index (χ4n) is 2.25. The summed E-state index contributed by atoms with van der Waals surface area (Å²) < 4.78 is 15.9. The van der Waals surface area contributed by atoms with Gasteiger partial charge in [-0.2, -0.15) is 0 Å². The van der Waals surface area contributed by atoms with Crippen molar-refractivity contribution in [1.82, 2.24) is 0 Å². The Balaban J connectivity index is 1.49. The summed E-state index contributed by atoms with van der Waals surface area (Å²) in [5.74, 6) is 0.514. The summed E-state index contributed by atoms with van der Waals surface area (Å²) in [6.45, 7) is 0.486. The molecule has 3 rings (SSSR count). The van der Waals surface area contributed by atoms with Gasteiger partial charge in [-0.1, -0.05) is 18.2 Å². The zero-order chi connectivity index (χ0) is 16.1. The van der Waals surface area contributed by atoms with Crippen LogP contribution in [0.15, 0.2) is 59.2 Å². The Morgan fingerprint density at radius 1 is 1.09 bits per heavy atom. The molecule has 0 aliphatic rings. The minimum atomic E-state index is -0.350. The maximum absolute atomic E-state index is 11.9. The molecule has 118 valence electrons. The summed E-state index contributed by atoms with van der Waals surface area (Å²) in [5.41, 5.74) is 1.27. The summed E-state index contributed by atoms with van der Waals surface area (Å²) in [6, 6.07) is 14.1. The van der Waals surface area contributed by atoms with Gasteiger partial charge in [-0.25, -0.2) is 0 Å². The van der Waals surface area contributed by atoms with E-state index in [1.807, 2.05) is 30.3 Å². The molecule has 0 bridgehead atoms. The van der Waals surface area contributed by atoms with E-state index in [0.717, 1.165) is 16.7 Å². The maximum atomic E-state index is 11.9. The Hall–Kier alpha value is -2.95. The molecule has 0 aliphatic carbocycles. The first-order valence-corrected chi connectivity index (χ1v) is 7.25. The molecule has 0 amide bonds. The Morgan fingerprint density at radius 2 is 1.91 bits per heavy atom. The number of ether oxygens (including phenoxy) is 2. The van der Waals surface area contributed by atoms with Gasteiger partial charge in [-0.05, 0) is 24.3 Å². The van der Waals surface area contributed by atoms with Crippen molar-refractivity contribution in [3.63, 3.8) is 0 Å². The van der Waals surface area contributed by atoms with Crippen molar-refractivity contribution in [3.8, 4) is 11.5 Å². The second-order valence-electron chi connectivity index (χ2n) is 5.00. The number of carbonyl (C=O) groups excluding carboxylic acids is 1. The third kappa shape index (κ3) is 3.83. The minimum absolute atomic E-state index is 0.114. The number of hydrogen-bond donors (Lipinski definition) is 1. The van der Waals surface area contributed by atoms with Crippen molar-refractivity contribution in [2.75, 3.05) is 13.2 Å². The molecule has 0 unspecified atom stereocenters. The van der Waals surface area contributed by atoms with Crippen LogP contribution in [0, 0.1) is 0 Å². The van der Waals surface area contributed by atoms with Gasteiger partial charge in [0, 0.05) is 17.0 Å². The van der Waals surface area contributed by atoms with Crippen LogP contribution >= 0.6 is 0 Å². The van der Waals surface area contributed by atoms with E-state index in [2.05, 4.69) is 0 Å². The standard InChI is InChI=1S/C18H16O5/c19-14-6-7-16-13(12-23-17(16)11-14)10-18(20)22-9-8-21-15-4-2-1-3-5-15/h1-7,11-12,19H,8-10H2. The molecule has 3 aromatic rings. The van der Waals surface area contributed by atoms with Gasteiger partial charge in [0.25, 0.3) is 0 Å². The number of esters is 1. The van der Waals surface area contributed by atoms with Crippen LogP contribution in [0.1, 0.15) is 5.56 Å². The Morgan fingerprint density at radius 3 is 2.74 bits per heavy atom. The second kappa shape index (κ2) is 6.87. The zero-order valence-corrected chi connectivity index (χ0v) is 12.4. The lowest BCUT2D eigenvalue weighted by Crippen LogP contribution is -2.13. The molecule has 0 radical (unpaired) electrons. The highest BCUT2D eigenvalue weighted by Crippen LogP contribution is 2.25. The molecule has 1 aromatic heterocycles. The fourth-order valence-corrected chi connectivity index (χ4v) is 2.25. The summed E-state index contributed by atoms with van der Waals surface area (Å²) in [7, 11) is 0. The van der Waals surface area contributed by atoms with Crippen molar-refractivity contribution >= 4 is 16.9 Å². The van der Waals surface area contributed by atoms with Gasteiger partial charge >= 0.3 is 5.97 Å². The monoisotopic (exact) mass is 312 g/mol. The topological polar surface area (TPSA) is 68.9 Å². The first-order chi connectivity index (χ1) is 11.2. The van der Waals surface area contributed by atoms with Crippen LogP contribution in [0.3, 0.4) is 0 Å². The number of hydrogen-bond acceptors (Lipinski definition) is 5. The number of phenolic OH excluding ortho intramolecular Hbond substituents is 1. The van der Waals surface area contributed by atoms with E-state index in [4.69, 9.17) is 13.9 Å². The highest BCUT2D eigenvalue weighted by Gasteiger charge is 2.12. The van der Waals surface area contributed by atoms with Crippen molar-refractivity contribution in [2.45, 2.75) is 6.42 Å². The van der Waals surface area contributed by atoms with Crippen LogP contribution < -0.4 is 4.74 Å². The van der Waals surface area contributed by atoms with E-state index in [1.54, 1.807) is 12.1 Å². The molecule has 1 heterocycles. The highest BCUT2D eigenvalue weighted by molar-refractivity contribution is 5.86. The number of carbonyl (C=O) groups is 1. The van der Waals surface area contributed by atoms with E-state index in [9.17, 15) is 9.90 Å². The van der Waals surface area contributed by atoms with Crippen LogP contribution in [-0.2, 0) is 16.0 Å². The number of fused-ring (bicyclic) bond motifs is 1. The molecule has 0 saturated heterocycles. The summed E-state index contributed by atoms with van der Waals surface area (Å²) >= 11 is 0. The molecule has 0 saturated carbocycles. The summed E-state index contributed by atoms with van der Waals surface area (Å²) in [4.78, 5) is 11.9. The van der Waals surface area contributed by atoms with Crippen molar-refractivity contribution in [1.29, 1.82) is 0 Å². The molecule has 0 fully saturated rings. The average molecular weight is 312 g/mol. The van der Waals surface area contributed by atoms with Gasteiger partial charge in [-0.15, -0.1) is 0 Å². The Kier molecular flexibility index (Phi) is 4.47. The van der Waals surface area contributed by atoms with Gasteiger partial charge in [0.05, 0.1) is 12.7 Å². The van der Waals surface area contributed by atoms with Gasteiger partial charge in [-0.3, -0.25) is 4.79 Å². The van der Waals surface area contributed by atoms with E-state index < -0.39 is 0 Å². The molecule has 23 heavy (non-hydrogen) atoms. The first-order valence-electron chi connectivity index (χ1n) is 7.25. The molecule has 0 spiro atoms. The molecule has 1 N–H and O–H groups in total. The number of para-hydroxylation sites is 1. The third-order valence-electron chi connectivity index (χ3n) is 3.33. The smallest absolute Gasteiger partial charge is 0.310 e. The molecular formula is C18H16O5. The lowest BCUT2D eigenvalue weighted by molar-refractivity contribution is -0.143. The van der Waals surface area contributed by atoms with Gasteiger partial charge < -0.3 is 19.0 Å². The molecule has 0 aliphatic heterocycles. The number of rotatable bonds is 6.